The van der Waals surface area contributed by atoms with Crippen molar-refractivity contribution in [1.29, 1.82) is 0 Å². The average Bonchev–Trinajstić information content (AvgIpc) is 2.51. The van der Waals surface area contributed by atoms with Gasteiger partial charge in [-0.3, -0.25) is 9.59 Å². The third-order valence-electron chi connectivity index (χ3n) is 3.61. The fourth-order valence-corrected chi connectivity index (χ4v) is 2.30. The minimum Gasteiger partial charge on any atom is -0.493 e. The molecule has 2 atom stereocenters. The van der Waals surface area contributed by atoms with E-state index >= 15 is 0 Å². The first kappa shape index (κ1) is 18.3. The van der Waals surface area contributed by atoms with E-state index in [0.717, 1.165) is 25.0 Å². The Morgan fingerprint density at radius 1 is 1.41 bits per heavy atom. The van der Waals surface area contributed by atoms with Crippen molar-refractivity contribution in [2.45, 2.75) is 40.0 Å². The average molecular weight is 309 g/mol. The van der Waals surface area contributed by atoms with E-state index in [1.165, 1.54) is 0 Å². The summed E-state index contributed by atoms with van der Waals surface area (Å²) in [6.07, 6.45) is 6.53. The van der Waals surface area contributed by atoms with Crippen molar-refractivity contribution >= 4 is 11.7 Å². The molecule has 0 spiro atoms. The molecular weight excluding hydrogens is 282 g/mol. The van der Waals surface area contributed by atoms with Crippen LogP contribution >= 0.6 is 0 Å². The zero-order chi connectivity index (χ0) is 16.5. The number of nitrogens with one attached hydrogen (secondary N) is 1. The molecule has 0 aliphatic heterocycles. The van der Waals surface area contributed by atoms with Gasteiger partial charge in [-0.1, -0.05) is 27.2 Å². The number of carbonyl (C=O) groups is 2. The first-order valence-corrected chi connectivity index (χ1v) is 7.90. The van der Waals surface area contributed by atoms with Crippen LogP contribution in [0.5, 0.6) is 0 Å². The topological polar surface area (TPSA) is 64.6 Å². The van der Waals surface area contributed by atoms with Gasteiger partial charge >= 0.3 is 0 Å². The molecule has 5 heteroatoms. The van der Waals surface area contributed by atoms with Gasteiger partial charge in [0.25, 0.3) is 5.91 Å². The van der Waals surface area contributed by atoms with E-state index in [1.807, 2.05) is 19.1 Å². The van der Waals surface area contributed by atoms with Gasteiger partial charge in [0, 0.05) is 5.92 Å². The van der Waals surface area contributed by atoms with Gasteiger partial charge in [-0.25, -0.2) is 0 Å². The van der Waals surface area contributed by atoms with Crippen LogP contribution in [0.25, 0.3) is 0 Å². The van der Waals surface area contributed by atoms with Gasteiger partial charge in [0.2, 0.25) is 5.78 Å². The van der Waals surface area contributed by atoms with E-state index in [4.69, 9.17) is 9.47 Å². The molecule has 5 nitrogen and oxygen atoms in total. The Kier molecular flexibility index (Phi) is 7.71. The predicted molar refractivity (Wildman–Crippen MR) is 85.0 cm³/mol. The molecule has 1 aliphatic rings. The van der Waals surface area contributed by atoms with Gasteiger partial charge < -0.3 is 14.8 Å². The highest BCUT2D eigenvalue weighted by molar-refractivity contribution is 6.36. The summed E-state index contributed by atoms with van der Waals surface area (Å²) in [6.45, 7) is 6.49. The Morgan fingerprint density at radius 3 is 2.77 bits per heavy atom. The fraction of sp³-hybridized carbons (Fsp3) is 0.647. The number of carbonyl (C=O) groups excluding carboxylic acids is 2. The Bertz CT molecular complexity index is 454. The van der Waals surface area contributed by atoms with Crippen LogP contribution in [-0.4, -0.2) is 32.0 Å². The van der Waals surface area contributed by atoms with Crippen molar-refractivity contribution in [3.63, 3.8) is 0 Å². The lowest BCUT2D eigenvalue weighted by atomic mass is 10.0. The van der Waals surface area contributed by atoms with Crippen LogP contribution in [0.4, 0.5) is 0 Å². The summed E-state index contributed by atoms with van der Waals surface area (Å²) in [5.41, 5.74) is 0. The van der Waals surface area contributed by atoms with E-state index in [2.05, 4.69) is 12.2 Å². The summed E-state index contributed by atoms with van der Waals surface area (Å²) < 4.78 is 10.9. The van der Waals surface area contributed by atoms with Gasteiger partial charge in [0.05, 0.1) is 13.7 Å². The predicted octanol–water partition coefficient (Wildman–Crippen LogP) is 2.58. The number of amides is 1. The molecule has 22 heavy (non-hydrogen) atoms. The van der Waals surface area contributed by atoms with Crippen LogP contribution in [0.3, 0.4) is 0 Å². The molecule has 0 saturated heterocycles. The minimum atomic E-state index is -0.529. The molecular formula is C17H27NO4. The summed E-state index contributed by atoms with van der Waals surface area (Å²) in [6, 6.07) is 0. The smallest absolute Gasteiger partial charge is 0.287 e. The van der Waals surface area contributed by atoms with Crippen molar-refractivity contribution in [3.8, 4) is 0 Å². The van der Waals surface area contributed by atoms with E-state index in [0.29, 0.717) is 24.8 Å². The van der Waals surface area contributed by atoms with Crippen LogP contribution < -0.4 is 5.32 Å². The molecule has 1 rings (SSSR count). The lowest BCUT2D eigenvalue weighted by Crippen LogP contribution is -2.36. The number of ketones is 1. The van der Waals surface area contributed by atoms with E-state index in [1.54, 1.807) is 14.0 Å². The van der Waals surface area contributed by atoms with E-state index < -0.39 is 5.91 Å². The van der Waals surface area contributed by atoms with Crippen molar-refractivity contribution < 1.29 is 19.1 Å². The summed E-state index contributed by atoms with van der Waals surface area (Å²) in [7, 11) is 1.61. The second-order valence-corrected chi connectivity index (χ2v) is 5.67. The lowest BCUT2D eigenvalue weighted by Gasteiger charge is -2.19. The second-order valence-electron chi connectivity index (χ2n) is 5.67. The van der Waals surface area contributed by atoms with Crippen molar-refractivity contribution in [3.05, 3.63) is 23.7 Å². The maximum atomic E-state index is 11.8. The molecule has 0 aromatic heterocycles. The summed E-state index contributed by atoms with van der Waals surface area (Å²) in [5.74, 6) is 0.734. The molecule has 0 saturated carbocycles. The molecule has 1 aliphatic carbocycles. The van der Waals surface area contributed by atoms with E-state index in [-0.39, 0.29) is 11.7 Å². The van der Waals surface area contributed by atoms with Crippen molar-refractivity contribution in [2.24, 2.45) is 11.8 Å². The monoisotopic (exact) mass is 309 g/mol. The van der Waals surface area contributed by atoms with Crippen LogP contribution in [0.15, 0.2) is 23.7 Å². The summed E-state index contributed by atoms with van der Waals surface area (Å²) >= 11 is 0. The standard InChI is InChI=1S/C17H27NO4/c1-5-6-13(3)16(19)17(20)18-9-10-22-14-8-7-12(2)11-15(14)21-4/h8,11-13H,5-7,9-10H2,1-4H3,(H,18,20). The number of ether oxygens (including phenoxy) is 2. The number of methoxy groups -OCH3 is 1. The van der Waals surface area contributed by atoms with Crippen molar-refractivity contribution in [2.75, 3.05) is 20.3 Å². The van der Waals surface area contributed by atoms with Gasteiger partial charge in [0.15, 0.2) is 11.5 Å². The molecule has 0 heterocycles. The molecule has 1 N–H and O–H groups in total. The highest BCUT2D eigenvalue weighted by Gasteiger charge is 2.20. The van der Waals surface area contributed by atoms with Crippen LogP contribution in [0, 0.1) is 11.8 Å². The summed E-state index contributed by atoms with van der Waals surface area (Å²) in [5, 5.41) is 2.60. The van der Waals surface area contributed by atoms with Gasteiger partial charge in [-0.2, -0.15) is 0 Å². The Hall–Kier alpha value is -1.78. The number of Topliss-reactive ketones (excluding diaryl/α,β-unsaturated/α-hetero) is 1. The maximum absolute atomic E-state index is 11.8. The first-order chi connectivity index (χ1) is 10.5. The SMILES string of the molecule is CCCC(C)C(=O)C(=O)NCCOC1=CCC(C)C=C1OC. The number of hydrogen-bond acceptors (Lipinski definition) is 4. The van der Waals surface area contributed by atoms with Crippen molar-refractivity contribution in [1.82, 2.24) is 5.32 Å². The molecule has 0 bridgehead atoms. The van der Waals surface area contributed by atoms with Gasteiger partial charge in [0.1, 0.15) is 6.61 Å². The highest BCUT2D eigenvalue weighted by atomic mass is 16.5. The zero-order valence-electron chi connectivity index (χ0n) is 14.0. The first-order valence-electron chi connectivity index (χ1n) is 7.90. The molecule has 1 amide bonds. The third kappa shape index (κ3) is 5.54. The maximum Gasteiger partial charge on any atom is 0.287 e. The molecule has 0 aromatic carbocycles. The highest BCUT2D eigenvalue weighted by Crippen LogP contribution is 2.23. The van der Waals surface area contributed by atoms with Gasteiger partial charge in [-0.05, 0) is 30.9 Å². The molecule has 0 radical (unpaired) electrons. The minimum absolute atomic E-state index is 0.225. The number of allylic oxidation sites excluding steroid dienone is 2. The van der Waals surface area contributed by atoms with Crippen LogP contribution in [0.2, 0.25) is 0 Å². The normalized spacial score (nSPS) is 18.8. The second kappa shape index (κ2) is 9.28. The van der Waals surface area contributed by atoms with Gasteiger partial charge in [-0.15, -0.1) is 0 Å². The zero-order valence-corrected chi connectivity index (χ0v) is 14.0. The third-order valence-corrected chi connectivity index (χ3v) is 3.61. The molecule has 2 unspecified atom stereocenters. The molecule has 0 fully saturated rings. The number of rotatable bonds is 9. The fourth-order valence-electron chi connectivity index (χ4n) is 2.30. The largest absolute Gasteiger partial charge is 0.493 e. The van der Waals surface area contributed by atoms with E-state index in [9.17, 15) is 9.59 Å². The Morgan fingerprint density at radius 2 is 2.14 bits per heavy atom. The molecule has 124 valence electrons. The lowest BCUT2D eigenvalue weighted by molar-refractivity contribution is -0.140. The summed E-state index contributed by atoms with van der Waals surface area (Å²) in [4.78, 5) is 23.5. The van der Waals surface area contributed by atoms with Crippen LogP contribution in [-0.2, 0) is 19.1 Å². The Balaban J connectivity index is 2.32. The van der Waals surface area contributed by atoms with Crippen LogP contribution in [0.1, 0.15) is 40.0 Å². The Labute approximate surface area is 132 Å². The quantitative estimate of drug-likeness (QED) is 0.525. The molecule has 0 aromatic rings. The number of hydrogen-bond donors (Lipinski definition) is 1.